The summed E-state index contributed by atoms with van der Waals surface area (Å²) in [6.07, 6.45) is 0.820. The number of nitrogens with two attached hydrogens (primary N) is 1. The van der Waals surface area contributed by atoms with Gasteiger partial charge in [0.25, 0.3) is 5.56 Å². The lowest BCUT2D eigenvalue weighted by molar-refractivity contribution is 0.542. The summed E-state index contributed by atoms with van der Waals surface area (Å²) in [5.41, 5.74) is 6.07. The van der Waals surface area contributed by atoms with Crippen molar-refractivity contribution in [1.29, 1.82) is 0 Å². The zero-order valence-electron chi connectivity index (χ0n) is 11.2. The molecular weight excluding hydrogens is 268 g/mol. The summed E-state index contributed by atoms with van der Waals surface area (Å²) in [6, 6.07) is 13.6. The van der Waals surface area contributed by atoms with Gasteiger partial charge in [-0.2, -0.15) is 0 Å². The summed E-state index contributed by atoms with van der Waals surface area (Å²) in [5, 5.41) is 3.67. The van der Waals surface area contributed by atoms with Crippen molar-refractivity contribution in [3.05, 3.63) is 63.1 Å². The van der Waals surface area contributed by atoms with Crippen LogP contribution in [0, 0.1) is 0 Å². The van der Waals surface area contributed by atoms with E-state index in [1.807, 2.05) is 43.3 Å². The van der Waals surface area contributed by atoms with Crippen molar-refractivity contribution in [2.75, 3.05) is 5.73 Å². The largest absolute Gasteiger partial charge is 0.385 e. The first-order chi connectivity index (χ1) is 9.66. The molecule has 2 aromatic heterocycles. The van der Waals surface area contributed by atoms with Crippen LogP contribution in [0.2, 0.25) is 0 Å². The Morgan fingerprint density at radius 1 is 1.25 bits per heavy atom. The molecule has 3 aromatic rings. The summed E-state index contributed by atoms with van der Waals surface area (Å²) in [6.45, 7) is 2.03. The van der Waals surface area contributed by atoms with Gasteiger partial charge < -0.3 is 5.73 Å². The average molecular weight is 284 g/mol. The van der Waals surface area contributed by atoms with Gasteiger partial charge in [0.2, 0.25) is 0 Å². The summed E-state index contributed by atoms with van der Waals surface area (Å²) >= 11 is 1.71. The van der Waals surface area contributed by atoms with E-state index < -0.39 is 0 Å². The summed E-state index contributed by atoms with van der Waals surface area (Å²) in [4.78, 5) is 13.9. The summed E-state index contributed by atoms with van der Waals surface area (Å²) in [5.74, 6) is 0.526. The monoisotopic (exact) mass is 284 g/mol. The lowest BCUT2D eigenvalue weighted by atomic mass is 10.1. The predicted molar refractivity (Wildman–Crippen MR) is 85.4 cm³/mol. The number of anilines is 1. The topological polar surface area (TPSA) is 48.0 Å². The van der Waals surface area contributed by atoms with Crippen molar-refractivity contribution in [2.45, 2.75) is 19.4 Å². The van der Waals surface area contributed by atoms with Crippen molar-refractivity contribution < 1.29 is 0 Å². The number of thiophene rings is 1. The zero-order chi connectivity index (χ0) is 14.1. The minimum atomic E-state index is -0.00958. The number of hydrogen-bond acceptors (Lipinski definition) is 3. The molecule has 3 rings (SSSR count). The van der Waals surface area contributed by atoms with E-state index in [0.717, 1.165) is 17.2 Å². The fourth-order valence-electron chi connectivity index (χ4n) is 2.56. The van der Waals surface area contributed by atoms with E-state index in [-0.39, 0.29) is 11.6 Å². The molecule has 102 valence electrons. The maximum atomic E-state index is 12.6. The van der Waals surface area contributed by atoms with Gasteiger partial charge in [-0.15, -0.1) is 11.3 Å². The van der Waals surface area contributed by atoms with Crippen LogP contribution < -0.4 is 11.3 Å². The number of benzene rings is 1. The Hall–Kier alpha value is -2.07. The second kappa shape index (κ2) is 5.13. The highest BCUT2D eigenvalue weighted by Gasteiger charge is 2.13. The minimum Gasteiger partial charge on any atom is -0.385 e. The van der Waals surface area contributed by atoms with E-state index in [0.29, 0.717) is 5.82 Å². The number of fused-ring (bicyclic) bond motifs is 1. The van der Waals surface area contributed by atoms with Crippen LogP contribution in [0.1, 0.15) is 17.8 Å². The molecule has 0 saturated carbocycles. The third-order valence-corrected chi connectivity index (χ3v) is 4.41. The molecule has 1 aromatic carbocycles. The van der Waals surface area contributed by atoms with Gasteiger partial charge in [-0.05, 0) is 35.9 Å². The van der Waals surface area contributed by atoms with Crippen molar-refractivity contribution in [2.24, 2.45) is 0 Å². The maximum absolute atomic E-state index is 12.6. The van der Waals surface area contributed by atoms with Crippen molar-refractivity contribution in [3.8, 4) is 0 Å². The van der Waals surface area contributed by atoms with E-state index >= 15 is 0 Å². The summed E-state index contributed by atoms with van der Waals surface area (Å²) in [7, 11) is 0. The number of hydrogen-bond donors (Lipinski definition) is 1. The molecule has 0 aliphatic rings. The molecular formula is C16H16N2OS. The van der Waals surface area contributed by atoms with Crippen molar-refractivity contribution in [3.63, 3.8) is 0 Å². The quantitative estimate of drug-likeness (QED) is 0.800. The zero-order valence-corrected chi connectivity index (χ0v) is 12.1. The molecule has 0 aliphatic carbocycles. The molecule has 3 nitrogen and oxygen atoms in total. The van der Waals surface area contributed by atoms with Crippen LogP contribution in [0.15, 0.2) is 52.6 Å². The third-order valence-electron chi connectivity index (χ3n) is 3.51. The third kappa shape index (κ3) is 2.23. The van der Waals surface area contributed by atoms with Gasteiger partial charge >= 0.3 is 0 Å². The van der Waals surface area contributed by atoms with E-state index in [1.165, 1.54) is 4.88 Å². The van der Waals surface area contributed by atoms with Gasteiger partial charge in [-0.3, -0.25) is 9.36 Å². The van der Waals surface area contributed by atoms with E-state index in [2.05, 4.69) is 11.4 Å². The van der Waals surface area contributed by atoms with Gasteiger partial charge in [0.15, 0.2) is 0 Å². The van der Waals surface area contributed by atoms with Gasteiger partial charge in [0.1, 0.15) is 5.82 Å². The lowest BCUT2D eigenvalue weighted by Gasteiger charge is -2.18. The first-order valence-corrected chi connectivity index (χ1v) is 7.47. The average Bonchev–Trinajstić information content (AvgIpc) is 2.91. The van der Waals surface area contributed by atoms with Crippen LogP contribution in [0.3, 0.4) is 0 Å². The second-order valence-electron chi connectivity index (χ2n) is 4.96. The Morgan fingerprint density at radius 2 is 2.05 bits per heavy atom. The molecule has 4 heteroatoms. The molecule has 20 heavy (non-hydrogen) atoms. The Bertz CT molecular complexity index is 790. The lowest BCUT2D eigenvalue weighted by Crippen LogP contribution is -2.26. The van der Waals surface area contributed by atoms with E-state index in [9.17, 15) is 4.79 Å². The van der Waals surface area contributed by atoms with Gasteiger partial charge in [-0.1, -0.05) is 24.3 Å². The number of nitrogens with zero attached hydrogens (tertiary/aromatic N) is 1. The number of aromatic nitrogens is 1. The highest BCUT2D eigenvalue weighted by atomic mass is 32.1. The predicted octanol–water partition coefficient (Wildman–Crippen LogP) is 3.45. The fourth-order valence-corrected chi connectivity index (χ4v) is 3.39. The minimum absolute atomic E-state index is 0.00958. The van der Waals surface area contributed by atoms with Crippen LogP contribution in [-0.4, -0.2) is 4.57 Å². The smallest absolute Gasteiger partial charge is 0.260 e. The summed E-state index contributed by atoms with van der Waals surface area (Å²) < 4.78 is 1.70. The van der Waals surface area contributed by atoms with Crippen LogP contribution in [0.5, 0.6) is 0 Å². The van der Waals surface area contributed by atoms with Gasteiger partial charge in [-0.25, -0.2) is 0 Å². The molecule has 0 aliphatic heterocycles. The van der Waals surface area contributed by atoms with Crippen molar-refractivity contribution >= 4 is 27.9 Å². The molecule has 1 atom stereocenters. The Morgan fingerprint density at radius 3 is 2.80 bits per heavy atom. The molecule has 2 N–H and O–H groups in total. The van der Waals surface area contributed by atoms with Crippen LogP contribution in [0.4, 0.5) is 5.82 Å². The Balaban J connectivity index is 2.09. The van der Waals surface area contributed by atoms with Crippen LogP contribution >= 0.6 is 11.3 Å². The van der Waals surface area contributed by atoms with Crippen molar-refractivity contribution in [1.82, 2.24) is 4.57 Å². The molecule has 0 bridgehead atoms. The number of pyridine rings is 1. The van der Waals surface area contributed by atoms with Gasteiger partial charge in [0, 0.05) is 22.7 Å². The molecule has 1 unspecified atom stereocenters. The first-order valence-electron chi connectivity index (χ1n) is 6.59. The first kappa shape index (κ1) is 12.9. The molecule has 2 heterocycles. The van der Waals surface area contributed by atoms with Crippen LogP contribution in [-0.2, 0) is 6.42 Å². The molecule has 0 amide bonds. The Labute approximate surface area is 121 Å². The SMILES string of the molecule is CC(Cc1cccs1)n1c(N)cc2ccccc2c1=O. The molecule has 0 saturated heterocycles. The van der Waals surface area contributed by atoms with Crippen LogP contribution in [0.25, 0.3) is 10.8 Å². The second-order valence-corrected chi connectivity index (χ2v) is 6.00. The maximum Gasteiger partial charge on any atom is 0.260 e. The standard InChI is InChI=1S/C16H16N2OS/c1-11(9-13-6-4-8-20-13)18-15(17)10-12-5-2-3-7-14(12)16(18)19/h2-8,10-11H,9,17H2,1H3. The van der Waals surface area contributed by atoms with E-state index in [1.54, 1.807) is 15.9 Å². The Kier molecular flexibility index (Phi) is 3.32. The normalized spacial score (nSPS) is 12.7. The number of nitrogen functional groups attached to an aromatic ring is 1. The number of rotatable bonds is 3. The molecule has 0 spiro atoms. The van der Waals surface area contributed by atoms with Gasteiger partial charge in [0.05, 0.1) is 0 Å². The molecule has 0 radical (unpaired) electrons. The molecule has 0 fully saturated rings. The fraction of sp³-hybridized carbons (Fsp3) is 0.188. The van der Waals surface area contributed by atoms with E-state index in [4.69, 9.17) is 5.73 Å². The highest BCUT2D eigenvalue weighted by molar-refractivity contribution is 7.09. The highest BCUT2D eigenvalue weighted by Crippen LogP contribution is 2.21.